The molecule has 1 saturated heterocycles. The van der Waals surface area contributed by atoms with Crippen molar-refractivity contribution in [2.24, 2.45) is 23.8 Å². The number of nitrogens with zero attached hydrogens (tertiary/aromatic N) is 8. The van der Waals surface area contributed by atoms with E-state index in [1.54, 1.807) is 55.3 Å². The van der Waals surface area contributed by atoms with E-state index in [2.05, 4.69) is 70.5 Å². The number of benzene rings is 3. The Balaban J connectivity index is 0.746. The number of aromatic nitrogens is 4. The molecule has 2 aliphatic carbocycles. The first-order chi connectivity index (χ1) is 35.0. The number of anilines is 2. The second kappa shape index (κ2) is 20.0. The van der Waals surface area contributed by atoms with Crippen LogP contribution in [-0.2, 0) is 31.2 Å². The van der Waals surface area contributed by atoms with E-state index < -0.39 is 6.43 Å². The normalized spacial score (nSPS) is 22.5. The molecular formula is C58H67F2N9O4. The molecular weight excluding hydrogens is 925 g/mol. The van der Waals surface area contributed by atoms with Crippen molar-refractivity contribution in [3.8, 4) is 40.5 Å². The highest BCUT2D eigenvalue weighted by atomic mass is 19.3. The topological polar surface area (TPSA) is 134 Å². The molecule has 73 heavy (non-hydrogen) atoms. The van der Waals surface area contributed by atoms with Crippen molar-refractivity contribution >= 4 is 23.3 Å². The summed E-state index contributed by atoms with van der Waals surface area (Å²) in [7, 11) is 3.33. The number of carbonyl (C=O) groups is 2. The third kappa shape index (κ3) is 9.57. The molecule has 3 aromatic carbocycles. The molecule has 1 N–H and O–H groups in total. The van der Waals surface area contributed by atoms with E-state index in [9.17, 15) is 23.6 Å². The van der Waals surface area contributed by atoms with Gasteiger partial charge in [0, 0.05) is 127 Å². The van der Waals surface area contributed by atoms with Gasteiger partial charge in [-0.3, -0.25) is 19.0 Å². The van der Waals surface area contributed by atoms with Crippen molar-refractivity contribution in [3.05, 3.63) is 106 Å². The molecule has 0 bridgehead atoms. The number of amides is 2. The summed E-state index contributed by atoms with van der Waals surface area (Å²) < 4.78 is 45.3. The number of piperidine rings is 1. The van der Waals surface area contributed by atoms with Gasteiger partial charge in [-0.15, -0.1) is 0 Å². The fraction of sp³-hybridized carbons (Fsp3) is 0.500. The third-order valence-electron chi connectivity index (χ3n) is 16.7. The Labute approximate surface area is 427 Å². The van der Waals surface area contributed by atoms with Gasteiger partial charge in [-0.05, 0) is 111 Å². The molecule has 13 nitrogen and oxygen atoms in total. The average molecular weight is 992 g/mol. The summed E-state index contributed by atoms with van der Waals surface area (Å²) in [5, 5.41) is 22.3. The molecule has 0 radical (unpaired) electrons. The monoisotopic (exact) mass is 992 g/mol. The molecule has 0 atom stereocenters. The second-order valence-corrected chi connectivity index (χ2v) is 22.1. The highest BCUT2D eigenvalue weighted by molar-refractivity contribution is 5.94. The number of alkyl halides is 2. The maximum absolute atomic E-state index is 14.8. The van der Waals surface area contributed by atoms with Crippen LogP contribution in [0.3, 0.4) is 0 Å². The molecule has 3 aliphatic heterocycles. The number of aryl methyl sites for hydroxylation is 2. The molecule has 0 spiro atoms. The lowest BCUT2D eigenvalue weighted by Crippen LogP contribution is -2.74. The number of ether oxygens (including phenoxy) is 2. The minimum absolute atomic E-state index is 0.0101. The largest absolute Gasteiger partial charge is 0.495 e. The first-order valence-corrected chi connectivity index (χ1v) is 26.0. The molecule has 2 saturated carbocycles. The standard InChI is InChI=1S/C58H67F2N9O4/c1-36(70)67-28-24-49-48(35-67)53(68-25-8-9-40-29-46(42-33-62-65(6)34-42)47(52(59)60)31-50(40)68)64-69(49)44-22-26-66(27-23-44)43-19-14-38(15-20-43)11-10-37-12-16-39(17-13-37)54(71)63-55-57(2,3)56(58(55,4)5)73-45-21-18-41(32-61)51(30-45)72-7/h12-13,16-18,21,29-31,33-34,38,43-44,52,55-56H,8-9,14-15,19-20,22-28,35H2,1-7H3,(H,63,71). The fourth-order valence-corrected chi connectivity index (χ4v) is 13.0. The van der Waals surface area contributed by atoms with Crippen LogP contribution in [0, 0.1) is 39.9 Å². The summed E-state index contributed by atoms with van der Waals surface area (Å²) in [6.07, 6.45) is 9.19. The van der Waals surface area contributed by atoms with Crippen molar-refractivity contribution in [2.75, 3.05) is 38.2 Å². The second-order valence-electron chi connectivity index (χ2n) is 22.1. The Morgan fingerprint density at radius 1 is 0.904 bits per heavy atom. The highest BCUT2D eigenvalue weighted by Gasteiger charge is 2.64. The maximum atomic E-state index is 14.8. The maximum Gasteiger partial charge on any atom is 0.264 e. The number of likely N-dealkylation sites (tertiary alicyclic amines) is 1. The summed E-state index contributed by atoms with van der Waals surface area (Å²) in [5.41, 5.74) is 6.39. The Kier molecular flexibility index (Phi) is 13.6. The summed E-state index contributed by atoms with van der Waals surface area (Å²) in [4.78, 5) is 33.0. The summed E-state index contributed by atoms with van der Waals surface area (Å²) in [5.74, 6) is 9.06. The van der Waals surface area contributed by atoms with Crippen molar-refractivity contribution in [1.82, 2.24) is 34.7 Å². The van der Waals surface area contributed by atoms with Gasteiger partial charge < -0.3 is 29.5 Å². The molecule has 3 fully saturated rings. The summed E-state index contributed by atoms with van der Waals surface area (Å²) >= 11 is 0. The van der Waals surface area contributed by atoms with Gasteiger partial charge in [0.15, 0.2) is 5.82 Å². The number of fused-ring (bicyclic) bond motifs is 2. The van der Waals surface area contributed by atoms with Crippen LogP contribution in [-0.4, -0.2) is 92.7 Å². The number of carbonyl (C=O) groups excluding carboxylic acids is 2. The molecule has 15 heteroatoms. The van der Waals surface area contributed by atoms with E-state index >= 15 is 0 Å². The van der Waals surface area contributed by atoms with Gasteiger partial charge in [-0.2, -0.15) is 15.5 Å². The number of hydrogen-bond donors (Lipinski definition) is 1. The zero-order chi connectivity index (χ0) is 51.3. The Hall–Kier alpha value is -6.71. The molecule has 10 rings (SSSR count). The minimum atomic E-state index is -2.66. The van der Waals surface area contributed by atoms with Gasteiger partial charge in [-0.1, -0.05) is 39.5 Å². The lowest BCUT2D eigenvalue weighted by Gasteiger charge is -2.63. The van der Waals surface area contributed by atoms with E-state index in [4.69, 9.17) is 14.6 Å². The number of hydrogen-bond acceptors (Lipinski definition) is 9. The minimum Gasteiger partial charge on any atom is -0.495 e. The SMILES string of the molecule is COc1cc(OC2C(C)(C)C(NC(=O)c3ccc(C#CC4CCC(N5CCC(n6nc(N7CCCc8cc(-c9cnn(C)c9)c(C(F)F)cc87)c7c6CCN(C(C)=O)C7)CC5)CC4)cc3)C2(C)C)ccc1C#N. The quantitative estimate of drug-likeness (QED) is 0.136. The number of halogens is 2. The molecule has 5 aliphatic rings. The van der Waals surface area contributed by atoms with Crippen LogP contribution in [0.25, 0.3) is 11.1 Å². The van der Waals surface area contributed by atoms with Crippen molar-refractivity contribution in [1.29, 1.82) is 5.26 Å². The van der Waals surface area contributed by atoms with Gasteiger partial charge in [-0.25, -0.2) is 8.78 Å². The van der Waals surface area contributed by atoms with Crippen molar-refractivity contribution in [2.45, 2.75) is 130 Å². The predicted molar refractivity (Wildman–Crippen MR) is 276 cm³/mol. The van der Waals surface area contributed by atoms with Gasteiger partial charge >= 0.3 is 0 Å². The van der Waals surface area contributed by atoms with E-state index in [1.807, 2.05) is 35.2 Å². The zero-order valence-corrected chi connectivity index (χ0v) is 43.2. The number of nitrogens with one attached hydrogen (secondary N) is 1. The van der Waals surface area contributed by atoms with Crippen LogP contribution in [0.4, 0.5) is 20.3 Å². The first-order valence-electron chi connectivity index (χ1n) is 26.0. The number of rotatable bonds is 10. The van der Waals surface area contributed by atoms with E-state index in [-0.39, 0.29) is 46.4 Å². The van der Waals surface area contributed by atoms with Crippen LogP contribution < -0.4 is 19.7 Å². The van der Waals surface area contributed by atoms with Gasteiger partial charge in [0.1, 0.15) is 23.7 Å². The van der Waals surface area contributed by atoms with Crippen LogP contribution in [0.1, 0.15) is 136 Å². The zero-order valence-electron chi connectivity index (χ0n) is 43.2. The van der Waals surface area contributed by atoms with Crippen LogP contribution in [0.2, 0.25) is 0 Å². The predicted octanol–water partition coefficient (Wildman–Crippen LogP) is 9.95. The van der Waals surface area contributed by atoms with E-state index in [1.165, 1.54) is 12.8 Å². The first kappa shape index (κ1) is 49.9. The third-order valence-corrected chi connectivity index (χ3v) is 16.7. The summed E-state index contributed by atoms with van der Waals surface area (Å²) in [6.45, 7) is 13.8. The molecule has 2 aromatic heterocycles. The molecule has 5 heterocycles. The Bertz CT molecular complexity index is 2980. The lowest BCUT2D eigenvalue weighted by atomic mass is 9.49. The molecule has 5 aromatic rings. The van der Waals surface area contributed by atoms with E-state index in [0.717, 1.165) is 92.7 Å². The Morgan fingerprint density at radius 2 is 1.64 bits per heavy atom. The average Bonchev–Trinajstić information content (AvgIpc) is 4.02. The van der Waals surface area contributed by atoms with Crippen LogP contribution >= 0.6 is 0 Å². The van der Waals surface area contributed by atoms with Crippen molar-refractivity contribution in [3.63, 3.8) is 0 Å². The van der Waals surface area contributed by atoms with Crippen LogP contribution in [0.5, 0.6) is 11.5 Å². The molecule has 0 unspecified atom stereocenters. The van der Waals surface area contributed by atoms with Gasteiger partial charge in [0.05, 0.1) is 31.5 Å². The summed E-state index contributed by atoms with van der Waals surface area (Å²) in [6, 6.07) is 19.1. The number of nitriles is 1. The van der Waals surface area contributed by atoms with Crippen LogP contribution in [0.15, 0.2) is 67.0 Å². The smallest absolute Gasteiger partial charge is 0.264 e. The number of methoxy groups -OCH3 is 1. The van der Waals surface area contributed by atoms with Gasteiger partial charge in [0.2, 0.25) is 5.91 Å². The highest BCUT2D eigenvalue weighted by Crippen LogP contribution is 2.56. The lowest BCUT2D eigenvalue weighted by molar-refractivity contribution is -0.164. The molecule has 382 valence electrons. The van der Waals surface area contributed by atoms with Crippen molar-refractivity contribution < 1.29 is 27.8 Å². The fourth-order valence-electron chi connectivity index (χ4n) is 13.0. The Morgan fingerprint density at radius 3 is 2.30 bits per heavy atom. The van der Waals surface area contributed by atoms with Gasteiger partial charge in [0.25, 0.3) is 12.3 Å². The molecule has 2 amide bonds. The van der Waals surface area contributed by atoms with E-state index in [0.29, 0.717) is 71.8 Å².